The first-order valence-electron chi connectivity index (χ1n) is 6.48. The molecule has 2 rings (SSSR count). The summed E-state index contributed by atoms with van der Waals surface area (Å²) in [5, 5.41) is 0. The Balaban J connectivity index is 1.84. The number of hydrogen-bond donors (Lipinski definition) is 1. The van der Waals surface area contributed by atoms with Crippen molar-refractivity contribution in [3.63, 3.8) is 0 Å². The zero-order chi connectivity index (χ0) is 11.2. The minimum Gasteiger partial charge on any atom is -0.349 e. The fourth-order valence-corrected chi connectivity index (χ4v) is 3.45. The largest absolute Gasteiger partial charge is 0.349 e. The lowest BCUT2D eigenvalue weighted by atomic mass is 9.88. The van der Waals surface area contributed by atoms with Crippen molar-refractivity contribution in [2.75, 3.05) is 0 Å². The maximum absolute atomic E-state index is 4.31. The molecule has 0 amide bonds. The molecule has 1 fully saturated rings. The summed E-state index contributed by atoms with van der Waals surface area (Å²) < 4.78 is 0. The molecule has 1 aliphatic rings. The molecule has 0 bridgehead atoms. The van der Waals surface area contributed by atoms with Gasteiger partial charge in [0, 0.05) is 23.6 Å². The number of nitrogens with zero attached hydrogens (tertiary/aromatic N) is 1. The lowest BCUT2D eigenvalue weighted by Crippen LogP contribution is -2.19. The van der Waals surface area contributed by atoms with Gasteiger partial charge in [0.2, 0.25) is 0 Å². The number of H-pyrrole nitrogens is 1. The van der Waals surface area contributed by atoms with Crippen LogP contribution < -0.4 is 0 Å². The van der Waals surface area contributed by atoms with Gasteiger partial charge in [-0.25, -0.2) is 4.98 Å². The Hall–Kier alpha value is -0.310. The number of rotatable bonds is 3. The third-order valence-corrected chi connectivity index (χ3v) is 4.68. The summed E-state index contributed by atoms with van der Waals surface area (Å²) in [6.45, 7) is 0. The molecule has 1 atom stereocenters. The van der Waals surface area contributed by atoms with Gasteiger partial charge in [0.05, 0.1) is 0 Å². The molecule has 0 saturated heterocycles. The van der Waals surface area contributed by atoms with Crippen LogP contribution in [0.2, 0.25) is 0 Å². The lowest BCUT2D eigenvalue weighted by molar-refractivity contribution is 0.368. The van der Waals surface area contributed by atoms with Crippen molar-refractivity contribution < 1.29 is 0 Å². The van der Waals surface area contributed by atoms with Gasteiger partial charge in [-0.05, 0) is 18.8 Å². The molecule has 1 aromatic rings. The first kappa shape index (κ1) is 12.2. The van der Waals surface area contributed by atoms with Gasteiger partial charge >= 0.3 is 0 Å². The highest BCUT2D eigenvalue weighted by atomic mass is 79.9. The average molecular weight is 285 g/mol. The first-order chi connectivity index (χ1) is 7.86. The quantitative estimate of drug-likeness (QED) is 0.833. The second-order valence-electron chi connectivity index (χ2n) is 4.86. The zero-order valence-electron chi connectivity index (χ0n) is 9.79. The molecule has 0 aliphatic heterocycles. The van der Waals surface area contributed by atoms with Crippen molar-refractivity contribution in [1.82, 2.24) is 9.97 Å². The molecular formula is C13H21BrN2. The second-order valence-corrected chi connectivity index (χ2v) is 6.04. The van der Waals surface area contributed by atoms with E-state index in [-0.39, 0.29) is 0 Å². The number of nitrogens with one attached hydrogen (secondary N) is 1. The maximum atomic E-state index is 4.31. The molecule has 1 aliphatic carbocycles. The van der Waals surface area contributed by atoms with Crippen LogP contribution in [-0.4, -0.2) is 14.8 Å². The Kier molecular flexibility index (Phi) is 4.89. The highest BCUT2D eigenvalue weighted by Crippen LogP contribution is 2.29. The summed E-state index contributed by atoms with van der Waals surface area (Å²) in [6, 6.07) is 0. The fourth-order valence-electron chi connectivity index (χ4n) is 2.61. The van der Waals surface area contributed by atoms with Crippen molar-refractivity contribution in [2.45, 2.75) is 56.2 Å². The maximum Gasteiger partial charge on any atom is 0.107 e. The second kappa shape index (κ2) is 6.43. The molecule has 0 spiro atoms. The molecule has 90 valence electrons. The first-order valence-corrected chi connectivity index (χ1v) is 7.40. The third-order valence-electron chi connectivity index (χ3n) is 3.60. The van der Waals surface area contributed by atoms with Gasteiger partial charge in [-0.1, -0.05) is 48.0 Å². The van der Waals surface area contributed by atoms with E-state index in [1.54, 1.807) is 0 Å². The van der Waals surface area contributed by atoms with Crippen molar-refractivity contribution in [3.8, 4) is 0 Å². The van der Waals surface area contributed by atoms with Crippen molar-refractivity contribution in [1.29, 1.82) is 0 Å². The molecular weight excluding hydrogens is 264 g/mol. The van der Waals surface area contributed by atoms with Crippen LogP contribution in [0.3, 0.4) is 0 Å². The SMILES string of the molecule is BrC(Cc1ncc[nH]1)C1CCCCCCC1. The van der Waals surface area contributed by atoms with E-state index in [1.807, 2.05) is 12.4 Å². The van der Waals surface area contributed by atoms with Crippen LogP contribution in [-0.2, 0) is 6.42 Å². The number of halogens is 1. The highest BCUT2D eigenvalue weighted by Gasteiger charge is 2.20. The Bertz CT molecular complexity index is 276. The van der Waals surface area contributed by atoms with Crippen LogP contribution in [0.5, 0.6) is 0 Å². The van der Waals surface area contributed by atoms with E-state index in [0.717, 1.165) is 18.2 Å². The van der Waals surface area contributed by atoms with Crippen LogP contribution in [0.15, 0.2) is 12.4 Å². The van der Waals surface area contributed by atoms with Gasteiger partial charge in [0.15, 0.2) is 0 Å². The average Bonchev–Trinajstić information content (AvgIpc) is 2.69. The monoisotopic (exact) mass is 284 g/mol. The summed E-state index contributed by atoms with van der Waals surface area (Å²) >= 11 is 3.86. The minimum atomic E-state index is 0.594. The Morgan fingerprint density at radius 3 is 2.56 bits per heavy atom. The molecule has 2 nitrogen and oxygen atoms in total. The normalized spacial score (nSPS) is 21.3. The fraction of sp³-hybridized carbons (Fsp3) is 0.769. The van der Waals surface area contributed by atoms with Gasteiger partial charge in [0.1, 0.15) is 5.82 Å². The standard InChI is InChI=1S/C13H21BrN2/c14-12(10-13-15-8-9-16-13)11-6-4-2-1-3-5-7-11/h8-9,11-12H,1-7,10H2,(H,15,16). The van der Waals surface area contributed by atoms with Crippen LogP contribution in [0.4, 0.5) is 0 Å². The minimum absolute atomic E-state index is 0.594. The van der Waals surface area contributed by atoms with Crippen molar-refractivity contribution in [2.24, 2.45) is 5.92 Å². The Labute approximate surface area is 106 Å². The molecule has 1 unspecified atom stereocenters. The van der Waals surface area contributed by atoms with Crippen LogP contribution in [0.1, 0.15) is 50.8 Å². The number of aromatic nitrogens is 2. The van der Waals surface area contributed by atoms with Gasteiger partial charge < -0.3 is 4.98 Å². The van der Waals surface area contributed by atoms with Gasteiger partial charge in [0.25, 0.3) is 0 Å². The number of imidazole rings is 1. The summed E-state index contributed by atoms with van der Waals surface area (Å²) in [6.07, 6.45) is 14.7. The summed E-state index contributed by atoms with van der Waals surface area (Å²) in [5.41, 5.74) is 0. The summed E-state index contributed by atoms with van der Waals surface area (Å²) in [5.74, 6) is 1.95. The topological polar surface area (TPSA) is 28.7 Å². The van der Waals surface area contributed by atoms with Gasteiger partial charge in [-0.15, -0.1) is 0 Å². The van der Waals surface area contributed by atoms with E-state index in [9.17, 15) is 0 Å². The molecule has 1 N–H and O–H groups in total. The number of aromatic amines is 1. The number of alkyl halides is 1. The van der Waals surface area contributed by atoms with E-state index >= 15 is 0 Å². The van der Waals surface area contributed by atoms with Crippen LogP contribution in [0, 0.1) is 5.92 Å². The molecule has 1 aromatic heterocycles. The lowest BCUT2D eigenvalue weighted by Gasteiger charge is -2.24. The predicted octanol–water partition coefficient (Wildman–Crippen LogP) is 4.08. The molecule has 1 heterocycles. The predicted molar refractivity (Wildman–Crippen MR) is 70.8 cm³/mol. The van der Waals surface area contributed by atoms with Gasteiger partial charge in [-0.2, -0.15) is 0 Å². The molecule has 3 heteroatoms. The molecule has 16 heavy (non-hydrogen) atoms. The van der Waals surface area contributed by atoms with Crippen molar-refractivity contribution in [3.05, 3.63) is 18.2 Å². The van der Waals surface area contributed by atoms with E-state index < -0.39 is 0 Å². The third kappa shape index (κ3) is 3.62. The highest BCUT2D eigenvalue weighted by molar-refractivity contribution is 9.09. The molecule has 0 radical (unpaired) electrons. The van der Waals surface area contributed by atoms with Gasteiger partial charge in [-0.3, -0.25) is 0 Å². The Morgan fingerprint density at radius 2 is 1.94 bits per heavy atom. The summed E-state index contributed by atoms with van der Waals surface area (Å²) in [4.78, 5) is 8.10. The van der Waals surface area contributed by atoms with Crippen LogP contribution in [0.25, 0.3) is 0 Å². The smallest absolute Gasteiger partial charge is 0.107 e. The van der Waals surface area contributed by atoms with E-state index in [4.69, 9.17) is 0 Å². The molecule has 0 aromatic carbocycles. The van der Waals surface area contributed by atoms with Crippen molar-refractivity contribution >= 4 is 15.9 Å². The van der Waals surface area contributed by atoms with Crippen LogP contribution >= 0.6 is 15.9 Å². The van der Waals surface area contributed by atoms with E-state index in [0.29, 0.717) is 4.83 Å². The molecule has 1 saturated carbocycles. The Morgan fingerprint density at radius 1 is 1.25 bits per heavy atom. The van der Waals surface area contributed by atoms with E-state index in [1.165, 1.54) is 44.9 Å². The number of hydrogen-bond acceptors (Lipinski definition) is 1. The van der Waals surface area contributed by atoms with E-state index in [2.05, 4.69) is 25.9 Å². The zero-order valence-corrected chi connectivity index (χ0v) is 11.4. The summed E-state index contributed by atoms with van der Waals surface area (Å²) in [7, 11) is 0.